The molecule has 0 unspecified atom stereocenters. The number of carbonyl (C=O) groups is 2. The number of hydrogen-bond donors (Lipinski definition) is 0. The van der Waals surface area contributed by atoms with E-state index in [9.17, 15) is 14.0 Å². The predicted octanol–water partition coefficient (Wildman–Crippen LogP) is 4.25. The van der Waals surface area contributed by atoms with Crippen LogP contribution in [0.4, 0.5) is 4.39 Å². The minimum Gasteiger partial charge on any atom is -0.462 e. The van der Waals surface area contributed by atoms with Crippen LogP contribution in [0, 0.1) is 5.82 Å². The van der Waals surface area contributed by atoms with Gasteiger partial charge in [-0.25, -0.2) is 14.0 Å². The van der Waals surface area contributed by atoms with Crippen LogP contribution in [0.2, 0.25) is 0 Å². The van der Waals surface area contributed by atoms with E-state index in [0.29, 0.717) is 28.9 Å². The van der Waals surface area contributed by atoms with E-state index < -0.39 is 17.8 Å². The minimum atomic E-state index is -0.576. The Bertz CT molecular complexity index is 794. The molecule has 4 nitrogen and oxygen atoms in total. The summed E-state index contributed by atoms with van der Waals surface area (Å²) >= 11 is 0. The highest BCUT2D eigenvalue weighted by molar-refractivity contribution is 6.15. The maximum atomic E-state index is 14.4. The van der Waals surface area contributed by atoms with Crippen LogP contribution in [-0.4, -0.2) is 25.2 Å². The number of ether oxygens (including phenoxy) is 2. The second-order valence-electron chi connectivity index (χ2n) is 5.19. The molecular formula is C20H19FO4. The quantitative estimate of drug-likeness (QED) is 0.582. The maximum Gasteiger partial charge on any atom is 0.338 e. The Labute approximate surface area is 145 Å². The molecule has 0 aliphatic rings. The molecule has 0 N–H and O–H groups in total. The molecule has 2 rings (SSSR count). The van der Waals surface area contributed by atoms with Crippen LogP contribution in [0.5, 0.6) is 0 Å². The molecule has 0 aliphatic carbocycles. The zero-order chi connectivity index (χ0) is 18.4. The summed E-state index contributed by atoms with van der Waals surface area (Å²) < 4.78 is 24.2. The van der Waals surface area contributed by atoms with E-state index in [2.05, 4.69) is 6.58 Å². The molecule has 0 aromatic heterocycles. The first-order valence-corrected chi connectivity index (χ1v) is 7.91. The molecule has 0 spiro atoms. The van der Waals surface area contributed by atoms with Crippen LogP contribution in [0.15, 0.2) is 49.0 Å². The van der Waals surface area contributed by atoms with E-state index in [-0.39, 0.29) is 12.2 Å². The molecule has 5 heteroatoms. The highest BCUT2D eigenvalue weighted by Crippen LogP contribution is 2.26. The molecule has 2 aromatic carbocycles. The highest BCUT2D eigenvalue weighted by Gasteiger charge is 2.14. The van der Waals surface area contributed by atoms with Crippen LogP contribution in [-0.2, 0) is 14.3 Å². The first-order valence-electron chi connectivity index (χ1n) is 7.91. The van der Waals surface area contributed by atoms with E-state index in [1.165, 1.54) is 6.07 Å². The third-order valence-corrected chi connectivity index (χ3v) is 3.55. The van der Waals surface area contributed by atoms with Gasteiger partial charge in [-0.1, -0.05) is 30.8 Å². The van der Waals surface area contributed by atoms with Gasteiger partial charge < -0.3 is 9.47 Å². The lowest BCUT2D eigenvalue weighted by molar-refractivity contribution is -0.136. The monoisotopic (exact) mass is 342 g/mol. The van der Waals surface area contributed by atoms with Crippen molar-refractivity contribution in [2.75, 3.05) is 13.2 Å². The summed E-state index contributed by atoms with van der Waals surface area (Å²) in [4.78, 5) is 23.3. The van der Waals surface area contributed by atoms with Crippen molar-refractivity contribution in [1.82, 2.24) is 0 Å². The molecule has 0 fully saturated rings. The van der Waals surface area contributed by atoms with Crippen molar-refractivity contribution in [3.05, 3.63) is 66.0 Å². The number of rotatable bonds is 6. The average molecular weight is 342 g/mol. The number of hydrogen-bond acceptors (Lipinski definition) is 4. The lowest BCUT2D eigenvalue weighted by Gasteiger charge is -2.09. The molecule has 130 valence electrons. The largest absolute Gasteiger partial charge is 0.462 e. The summed E-state index contributed by atoms with van der Waals surface area (Å²) in [5, 5.41) is 0. The van der Waals surface area contributed by atoms with Gasteiger partial charge in [-0.2, -0.15) is 0 Å². The number of carbonyl (C=O) groups excluding carboxylic acids is 2. The Hall–Kier alpha value is -2.95. The van der Waals surface area contributed by atoms with Gasteiger partial charge in [0, 0.05) is 5.56 Å². The van der Waals surface area contributed by atoms with Gasteiger partial charge >= 0.3 is 11.9 Å². The van der Waals surface area contributed by atoms with E-state index in [1.54, 1.807) is 50.2 Å². The van der Waals surface area contributed by atoms with Crippen molar-refractivity contribution in [3.8, 4) is 11.1 Å². The van der Waals surface area contributed by atoms with Gasteiger partial charge in [0.05, 0.1) is 24.4 Å². The Balaban J connectivity index is 2.25. The third kappa shape index (κ3) is 4.32. The van der Waals surface area contributed by atoms with Crippen LogP contribution in [0.3, 0.4) is 0 Å². The van der Waals surface area contributed by atoms with E-state index in [0.717, 1.165) is 0 Å². The predicted molar refractivity (Wildman–Crippen MR) is 93.5 cm³/mol. The van der Waals surface area contributed by atoms with Gasteiger partial charge in [0.1, 0.15) is 5.82 Å². The number of benzene rings is 2. The maximum absolute atomic E-state index is 14.4. The number of esters is 2. The molecule has 0 atom stereocenters. The van der Waals surface area contributed by atoms with Gasteiger partial charge in [0.15, 0.2) is 0 Å². The molecule has 0 aliphatic heterocycles. The third-order valence-electron chi connectivity index (χ3n) is 3.55. The molecule has 2 aromatic rings. The van der Waals surface area contributed by atoms with Crippen molar-refractivity contribution >= 4 is 17.5 Å². The fourth-order valence-corrected chi connectivity index (χ4v) is 2.27. The van der Waals surface area contributed by atoms with Crippen molar-refractivity contribution in [3.63, 3.8) is 0 Å². The Morgan fingerprint density at radius 2 is 1.56 bits per heavy atom. The fraction of sp³-hybridized carbons (Fsp3) is 0.200. The molecule has 0 heterocycles. The summed E-state index contributed by atoms with van der Waals surface area (Å²) in [5.41, 5.74) is 1.83. The van der Waals surface area contributed by atoms with E-state index in [1.807, 2.05) is 0 Å². The van der Waals surface area contributed by atoms with Crippen LogP contribution >= 0.6 is 0 Å². The Morgan fingerprint density at radius 3 is 2.12 bits per heavy atom. The van der Waals surface area contributed by atoms with Crippen LogP contribution in [0.1, 0.15) is 29.8 Å². The summed E-state index contributed by atoms with van der Waals surface area (Å²) in [6, 6.07) is 10.9. The summed E-state index contributed by atoms with van der Waals surface area (Å²) in [6.45, 7) is 7.58. The molecule has 25 heavy (non-hydrogen) atoms. The second-order valence-corrected chi connectivity index (χ2v) is 5.19. The minimum absolute atomic E-state index is 0.102. The Kier molecular flexibility index (Phi) is 6.06. The number of halogens is 1. The molecule has 0 radical (unpaired) electrons. The topological polar surface area (TPSA) is 52.6 Å². The first-order chi connectivity index (χ1) is 12.0. The van der Waals surface area contributed by atoms with Gasteiger partial charge in [0.2, 0.25) is 0 Å². The van der Waals surface area contributed by atoms with Crippen LogP contribution < -0.4 is 0 Å². The highest BCUT2D eigenvalue weighted by atomic mass is 19.1. The van der Waals surface area contributed by atoms with Crippen molar-refractivity contribution in [1.29, 1.82) is 0 Å². The zero-order valence-corrected chi connectivity index (χ0v) is 14.2. The molecular weight excluding hydrogens is 323 g/mol. The molecule has 0 bridgehead atoms. The van der Waals surface area contributed by atoms with Crippen LogP contribution in [0.25, 0.3) is 16.7 Å². The smallest absolute Gasteiger partial charge is 0.338 e. The van der Waals surface area contributed by atoms with Crippen molar-refractivity contribution in [2.45, 2.75) is 13.8 Å². The molecule has 0 saturated carbocycles. The standard InChI is InChI=1S/C20H19FO4/c1-4-24-19(22)13(3)16-10-11-17(18(21)12-16)14-6-8-15(9-7-14)20(23)25-5-2/h6-12H,3-5H2,1-2H3. The van der Waals surface area contributed by atoms with Gasteiger partial charge in [-0.15, -0.1) is 0 Å². The second kappa shape index (κ2) is 8.24. The van der Waals surface area contributed by atoms with E-state index in [4.69, 9.17) is 9.47 Å². The van der Waals surface area contributed by atoms with Gasteiger partial charge in [-0.05, 0) is 43.2 Å². The lowest BCUT2D eigenvalue weighted by Crippen LogP contribution is -2.06. The van der Waals surface area contributed by atoms with E-state index >= 15 is 0 Å². The first kappa shape index (κ1) is 18.4. The van der Waals surface area contributed by atoms with Crippen molar-refractivity contribution in [2.24, 2.45) is 0 Å². The lowest BCUT2D eigenvalue weighted by atomic mass is 9.99. The normalized spacial score (nSPS) is 10.2. The summed E-state index contributed by atoms with van der Waals surface area (Å²) in [5.74, 6) is -1.49. The van der Waals surface area contributed by atoms with Gasteiger partial charge in [-0.3, -0.25) is 0 Å². The fourth-order valence-electron chi connectivity index (χ4n) is 2.27. The summed E-state index contributed by atoms with van der Waals surface area (Å²) in [7, 11) is 0. The van der Waals surface area contributed by atoms with Gasteiger partial charge in [0.25, 0.3) is 0 Å². The van der Waals surface area contributed by atoms with Crippen molar-refractivity contribution < 1.29 is 23.5 Å². The average Bonchev–Trinajstić information content (AvgIpc) is 2.61. The zero-order valence-electron chi connectivity index (χ0n) is 14.2. The Morgan fingerprint density at radius 1 is 0.960 bits per heavy atom. The SMILES string of the molecule is C=C(C(=O)OCC)c1ccc(-c2ccc(C(=O)OCC)cc2)c(F)c1. The molecule has 0 amide bonds. The summed E-state index contributed by atoms with van der Waals surface area (Å²) in [6.07, 6.45) is 0. The molecule has 0 saturated heterocycles.